The standard InChI is InChI=1S/C15H11ClF3NO4S/c1-25(22,23)10-3-2-9(24-8-4-7(16)5-20-6-8)11-12(10)14(21)15(18,19)13(11)17/h2-6,13-14,21H,1H3/t13-,14+/m1/s1. The molecule has 5 nitrogen and oxygen atoms in total. The molecule has 0 saturated heterocycles. The highest BCUT2D eigenvalue weighted by atomic mass is 35.5. The van der Waals surface area contributed by atoms with E-state index in [9.17, 15) is 26.7 Å². The monoisotopic (exact) mass is 393 g/mol. The molecule has 0 radical (unpaired) electrons. The van der Waals surface area contributed by atoms with E-state index < -0.39 is 44.1 Å². The maximum Gasteiger partial charge on any atom is 0.312 e. The molecule has 0 aliphatic heterocycles. The van der Waals surface area contributed by atoms with Gasteiger partial charge in [-0.1, -0.05) is 11.6 Å². The number of pyridine rings is 1. The van der Waals surface area contributed by atoms with Crippen molar-refractivity contribution in [1.29, 1.82) is 0 Å². The Labute approximate surface area is 145 Å². The topological polar surface area (TPSA) is 76.5 Å². The van der Waals surface area contributed by atoms with Crippen LogP contribution in [0.15, 0.2) is 35.5 Å². The van der Waals surface area contributed by atoms with E-state index in [2.05, 4.69) is 4.98 Å². The Morgan fingerprint density at radius 2 is 1.96 bits per heavy atom. The van der Waals surface area contributed by atoms with E-state index in [1.165, 1.54) is 18.5 Å². The average molecular weight is 394 g/mol. The normalized spacial score (nSPS) is 21.8. The Morgan fingerprint density at radius 1 is 1.28 bits per heavy atom. The first-order valence-corrected chi connectivity index (χ1v) is 9.15. The fraction of sp³-hybridized carbons (Fsp3) is 0.267. The minimum atomic E-state index is -4.19. The molecule has 25 heavy (non-hydrogen) atoms. The van der Waals surface area contributed by atoms with Crippen LogP contribution in [-0.2, 0) is 9.84 Å². The Kier molecular flexibility index (Phi) is 4.21. The molecule has 1 heterocycles. The lowest BCUT2D eigenvalue weighted by Crippen LogP contribution is -2.24. The van der Waals surface area contributed by atoms with Gasteiger partial charge in [0.2, 0.25) is 0 Å². The minimum absolute atomic E-state index is 0.0405. The Hall–Kier alpha value is -1.84. The van der Waals surface area contributed by atoms with Gasteiger partial charge in [0.05, 0.1) is 16.1 Å². The van der Waals surface area contributed by atoms with Crippen molar-refractivity contribution in [3.05, 3.63) is 46.7 Å². The molecule has 10 heteroatoms. The van der Waals surface area contributed by atoms with Crippen molar-refractivity contribution >= 4 is 21.4 Å². The molecule has 0 bridgehead atoms. The lowest BCUT2D eigenvalue weighted by Gasteiger charge is -2.16. The van der Waals surface area contributed by atoms with E-state index >= 15 is 0 Å². The third kappa shape index (κ3) is 2.96. The molecule has 2 aromatic rings. The first-order valence-electron chi connectivity index (χ1n) is 6.88. The van der Waals surface area contributed by atoms with Crippen LogP contribution in [0.25, 0.3) is 0 Å². The van der Waals surface area contributed by atoms with E-state index in [0.29, 0.717) is 0 Å². The lowest BCUT2D eigenvalue weighted by atomic mass is 10.1. The number of ether oxygens (including phenoxy) is 1. The van der Waals surface area contributed by atoms with Gasteiger partial charge in [0.15, 0.2) is 16.0 Å². The highest BCUT2D eigenvalue weighted by Gasteiger charge is 2.58. The number of benzene rings is 1. The van der Waals surface area contributed by atoms with Crippen molar-refractivity contribution in [1.82, 2.24) is 4.98 Å². The number of fused-ring (bicyclic) bond motifs is 1. The summed E-state index contributed by atoms with van der Waals surface area (Å²) in [6.45, 7) is 0. The van der Waals surface area contributed by atoms with E-state index in [4.69, 9.17) is 16.3 Å². The van der Waals surface area contributed by atoms with Gasteiger partial charge in [-0.3, -0.25) is 4.98 Å². The summed E-state index contributed by atoms with van der Waals surface area (Å²) in [4.78, 5) is 3.17. The van der Waals surface area contributed by atoms with Crippen molar-refractivity contribution in [3.63, 3.8) is 0 Å². The molecule has 0 amide bonds. The molecule has 0 fully saturated rings. The molecule has 134 valence electrons. The highest BCUT2D eigenvalue weighted by molar-refractivity contribution is 7.90. The van der Waals surface area contributed by atoms with E-state index in [-0.39, 0.29) is 16.5 Å². The van der Waals surface area contributed by atoms with E-state index in [1.54, 1.807) is 0 Å². The van der Waals surface area contributed by atoms with E-state index in [1.807, 2.05) is 0 Å². The second-order valence-electron chi connectivity index (χ2n) is 5.54. The fourth-order valence-electron chi connectivity index (χ4n) is 2.65. The third-order valence-electron chi connectivity index (χ3n) is 3.74. The molecule has 0 spiro atoms. The van der Waals surface area contributed by atoms with Crippen LogP contribution >= 0.6 is 11.6 Å². The molecular weight excluding hydrogens is 383 g/mol. The summed E-state index contributed by atoms with van der Waals surface area (Å²) in [6, 6.07) is 3.36. The first-order chi connectivity index (χ1) is 11.5. The van der Waals surface area contributed by atoms with Gasteiger partial charge in [-0.15, -0.1) is 0 Å². The molecule has 0 saturated carbocycles. The van der Waals surface area contributed by atoms with Crippen LogP contribution in [0.2, 0.25) is 5.02 Å². The molecule has 1 aliphatic carbocycles. The Balaban J connectivity index is 2.21. The van der Waals surface area contributed by atoms with Crippen LogP contribution in [-0.4, -0.2) is 30.7 Å². The summed E-state index contributed by atoms with van der Waals surface area (Å²) in [6.07, 6.45) is -2.23. The zero-order chi connectivity index (χ0) is 18.6. The number of hydrogen-bond donors (Lipinski definition) is 1. The van der Waals surface area contributed by atoms with Crippen LogP contribution in [0.1, 0.15) is 23.4 Å². The Bertz CT molecular complexity index is 952. The molecule has 1 aliphatic rings. The average Bonchev–Trinajstić information content (AvgIpc) is 2.68. The predicted octanol–water partition coefficient (Wildman–Crippen LogP) is 3.62. The summed E-state index contributed by atoms with van der Waals surface area (Å²) in [5.74, 6) is -4.50. The molecule has 1 aromatic heterocycles. The lowest BCUT2D eigenvalue weighted by molar-refractivity contribution is -0.143. The van der Waals surface area contributed by atoms with Gasteiger partial charge >= 0.3 is 5.92 Å². The third-order valence-corrected chi connectivity index (χ3v) is 5.11. The first kappa shape index (κ1) is 18.0. The number of hydrogen-bond acceptors (Lipinski definition) is 5. The molecule has 1 N–H and O–H groups in total. The molecule has 2 atom stereocenters. The molecular formula is C15H11ClF3NO4S. The van der Waals surface area contributed by atoms with Crippen molar-refractivity contribution in [3.8, 4) is 11.5 Å². The van der Waals surface area contributed by atoms with Gasteiger partial charge < -0.3 is 9.84 Å². The SMILES string of the molecule is CS(=O)(=O)c1ccc(Oc2cncc(Cl)c2)c2c1[C@H](O)C(F)(F)[C@@H]2F. The Morgan fingerprint density at radius 3 is 2.56 bits per heavy atom. The van der Waals surface area contributed by atoms with Gasteiger partial charge in [-0.25, -0.2) is 12.8 Å². The van der Waals surface area contributed by atoms with Gasteiger partial charge in [0, 0.05) is 29.6 Å². The zero-order valence-electron chi connectivity index (χ0n) is 12.6. The maximum absolute atomic E-state index is 14.3. The van der Waals surface area contributed by atoms with Crippen LogP contribution in [0.5, 0.6) is 11.5 Å². The van der Waals surface area contributed by atoms with Gasteiger partial charge in [-0.2, -0.15) is 8.78 Å². The van der Waals surface area contributed by atoms with Gasteiger partial charge in [0.1, 0.15) is 17.6 Å². The molecule has 3 rings (SSSR count). The largest absolute Gasteiger partial charge is 0.455 e. The summed E-state index contributed by atoms with van der Waals surface area (Å²) in [5, 5.41) is 10.0. The number of sulfone groups is 1. The highest BCUT2D eigenvalue weighted by Crippen LogP contribution is 2.57. The smallest absolute Gasteiger partial charge is 0.312 e. The van der Waals surface area contributed by atoms with Crippen LogP contribution < -0.4 is 4.74 Å². The predicted molar refractivity (Wildman–Crippen MR) is 82.6 cm³/mol. The van der Waals surface area contributed by atoms with Crippen LogP contribution in [0.4, 0.5) is 13.2 Å². The number of aromatic nitrogens is 1. The fourth-order valence-corrected chi connectivity index (χ4v) is 3.75. The van der Waals surface area contributed by atoms with Crippen molar-refractivity contribution < 1.29 is 31.4 Å². The molecule has 0 unspecified atom stereocenters. The van der Waals surface area contributed by atoms with Crippen molar-refractivity contribution in [2.45, 2.75) is 23.1 Å². The van der Waals surface area contributed by atoms with E-state index in [0.717, 1.165) is 18.4 Å². The summed E-state index contributed by atoms with van der Waals surface area (Å²) in [7, 11) is -3.98. The van der Waals surface area contributed by atoms with Crippen molar-refractivity contribution in [2.24, 2.45) is 0 Å². The number of nitrogens with zero attached hydrogens (tertiary/aromatic N) is 1. The summed E-state index contributed by atoms with van der Waals surface area (Å²) >= 11 is 5.75. The second kappa shape index (κ2) is 5.86. The van der Waals surface area contributed by atoms with Gasteiger partial charge in [-0.05, 0) is 12.1 Å². The summed E-state index contributed by atoms with van der Waals surface area (Å²) in [5.41, 5.74) is -1.41. The molecule has 1 aromatic carbocycles. The minimum Gasteiger partial charge on any atom is -0.455 e. The van der Waals surface area contributed by atoms with Gasteiger partial charge in [0.25, 0.3) is 0 Å². The maximum atomic E-state index is 14.3. The van der Waals surface area contributed by atoms with Crippen LogP contribution in [0, 0.1) is 0 Å². The van der Waals surface area contributed by atoms with Crippen LogP contribution in [0.3, 0.4) is 0 Å². The number of alkyl halides is 3. The number of aliphatic hydroxyl groups excluding tert-OH is 1. The second-order valence-corrected chi connectivity index (χ2v) is 7.96. The summed E-state index contributed by atoms with van der Waals surface area (Å²) < 4.78 is 71.3. The zero-order valence-corrected chi connectivity index (χ0v) is 14.2. The number of rotatable bonds is 3. The number of halogens is 4. The number of aliphatic hydroxyl groups is 1. The van der Waals surface area contributed by atoms with Crippen molar-refractivity contribution in [2.75, 3.05) is 6.26 Å². The quantitative estimate of drug-likeness (QED) is 0.861.